The number of hydrogen-bond donors (Lipinski definition) is 4. The van der Waals surface area contributed by atoms with E-state index in [1.807, 2.05) is 13.0 Å². The Morgan fingerprint density at radius 3 is 2.89 bits per heavy atom. The summed E-state index contributed by atoms with van der Waals surface area (Å²) in [5.74, 6) is 1.96. The summed E-state index contributed by atoms with van der Waals surface area (Å²) in [4.78, 5) is 22.2. The lowest BCUT2D eigenvalue weighted by molar-refractivity contribution is 0.310. The number of anilines is 2. The van der Waals surface area contributed by atoms with Gasteiger partial charge in [-0.05, 0) is 19.9 Å². The summed E-state index contributed by atoms with van der Waals surface area (Å²) in [5, 5.41) is 10.1. The Hall–Kier alpha value is -3.40. The first-order valence-electron chi connectivity index (χ1n) is 8.36. The van der Waals surface area contributed by atoms with Crippen molar-refractivity contribution in [3.63, 3.8) is 0 Å². The van der Waals surface area contributed by atoms with Gasteiger partial charge in [-0.25, -0.2) is 4.98 Å². The summed E-state index contributed by atoms with van der Waals surface area (Å²) in [7, 11) is 1.55. The van der Waals surface area contributed by atoms with Crippen LogP contribution in [0.4, 0.5) is 11.6 Å². The first kappa shape index (κ1) is 18.4. The van der Waals surface area contributed by atoms with Gasteiger partial charge in [0.2, 0.25) is 5.88 Å². The third-order valence-electron chi connectivity index (χ3n) is 3.64. The Kier molecular flexibility index (Phi) is 5.67. The van der Waals surface area contributed by atoms with Gasteiger partial charge in [0.15, 0.2) is 5.82 Å². The molecule has 0 aromatic carbocycles. The average Bonchev–Trinajstić information content (AvgIpc) is 3.09. The van der Waals surface area contributed by atoms with Gasteiger partial charge >= 0.3 is 0 Å². The van der Waals surface area contributed by atoms with E-state index in [2.05, 4.69) is 30.5 Å². The summed E-state index contributed by atoms with van der Waals surface area (Å²) < 4.78 is 11.3. The predicted octanol–water partition coefficient (Wildman–Crippen LogP) is 1.34. The SMILES string of the molecule is COc1nc(C)cc(OCCCN)c1-c1cc(Nc2cncc(=O)[nH]2)n[nH]1. The van der Waals surface area contributed by atoms with E-state index in [9.17, 15) is 4.79 Å². The molecule has 3 aromatic heterocycles. The molecule has 0 atom stereocenters. The molecule has 0 spiro atoms. The van der Waals surface area contributed by atoms with Crippen molar-refractivity contribution in [1.29, 1.82) is 0 Å². The Morgan fingerprint density at radius 1 is 1.30 bits per heavy atom. The first-order chi connectivity index (χ1) is 13.1. The Balaban J connectivity index is 1.93. The highest BCUT2D eigenvalue weighted by atomic mass is 16.5. The topological polar surface area (TPSA) is 144 Å². The maximum Gasteiger partial charge on any atom is 0.267 e. The highest BCUT2D eigenvalue weighted by Gasteiger charge is 2.18. The van der Waals surface area contributed by atoms with E-state index in [1.54, 1.807) is 13.2 Å². The van der Waals surface area contributed by atoms with Gasteiger partial charge in [-0.1, -0.05) is 0 Å². The third kappa shape index (κ3) is 4.42. The van der Waals surface area contributed by atoms with Crippen molar-refractivity contribution in [2.24, 2.45) is 5.73 Å². The number of hydrogen-bond acceptors (Lipinski definition) is 8. The fourth-order valence-corrected chi connectivity index (χ4v) is 2.48. The zero-order chi connectivity index (χ0) is 19.2. The number of ether oxygens (including phenoxy) is 2. The maximum atomic E-state index is 11.4. The van der Waals surface area contributed by atoms with E-state index >= 15 is 0 Å². The van der Waals surface area contributed by atoms with Gasteiger partial charge in [0.25, 0.3) is 5.56 Å². The second kappa shape index (κ2) is 8.32. The number of nitrogens with zero attached hydrogens (tertiary/aromatic N) is 3. The van der Waals surface area contributed by atoms with Gasteiger partial charge in [-0.15, -0.1) is 0 Å². The van der Waals surface area contributed by atoms with E-state index in [1.165, 1.54) is 12.4 Å². The van der Waals surface area contributed by atoms with E-state index < -0.39 is 0 Å². The number of nitrogens with one attached hydrogen (secondary N) is 3. The molecule has 3 rings (SSSR count). The van der Waals surface area contributed by atoms with Gasteiger partial charge < -0.3 is 25.5 Å². The van der Waals surface area contributed by atoms with Crippen LogP contribution in [-0.4, -0.2) is 45.4 Å². The second-order valence-electron chi connectivity index (χ2n) is 5.74. The molecule has 0 aliphatic rings. The molecule has 0 saturated heterocycles. The smallest absolute Gasteiger partial charge is 0.267 e. The fraction of sp³-hybridized carbons (Fsp3) is 0.294. The Bertz CT molecular complexity index is 967. The molecule has 0 aliphatic carbocycles. The molecule has 3 heterocycles. The van der Waals surface area contributed by atoms with Crippen molar-refractivity contribution in [2.45, 2.75) is 13.3 Å². The summed E-state index contributed by atoms with van der Waals surface area (Å²) >= 11 is 0. The normalized spacial score (nSPS) is 10.6. The molecule has 27 heavy (non-hydrogen) atoms. The van der Waals surface area contributed by atoms with Crippen molar-refractivity contribution in [3.8, 4) is 22.9 Å². The summed E-state index contributed by atoms with van der Waals surface area (Å²) in [6, 6.07) is 3.59. The first-order valence-corrected chi connectivity index (χ1v) is 8.36. The highest BCUT2D eigenvalue weighted by Crippen LogP contribution is 2.37. The van der Waals surface area contributed by atoms with Gasteiger partial charge in [0, 0.05) is 17.8 Å². The number of methoxy groups -OCH3 is 1. The number of rotatable bonds is 8. The quantitative estimate of drug-likeness (QED) is 0.434. The van der Waals surface area contributed by atoms with E-state index in [-0.39, 0.29) is 5.56 Å². The molecule has 10 nitrogen and oxygen atoms in total. The van der Waals surface area contributed by atoms with Crippen LogP contribution in [0.15, 0.2) is 29.3 Å². The number of aryl methyl sites for hydroxylation is 1. The lowest BCUT2D eigenvalue weighted by atomic mass is 10.1. The van der Waals surface area contributed by atoms with Crippen molar-refractivity contribution < 1.29 is 9.47 Å². The zero-order valence-corrected chi connectivity index (χ0v) is 15.1. The summed E-state index contributed by atoms with van der Waals surface area (Å²) in [6.45, 7) is 2.88. The molecule has 3 aromatic rings. The number of aromatic amines is 2. The van der Waals surface area contributed by atoms with Crippen LogP contribution in [0.1, 0.15) is 12.1 Å². The van der Waals surface area contributed by atoms with Crippen LogP contribution in [0.2, 0.25) is 0 Å². The van der Waals surface area contributed by atoms with Crippen molar-refractivity contribution in [3.05, 3.63) is 40.6 Å². The van der Waals surface area contributed by atoms with Crippen LogP contribution in [0.25, 0.3) is 11.3 Å². The van der Waals surface area contributed by atoms with Crippen molar-refractivity contribution >= 4 is 11.6 Å². The molecule has 10 heteroatoms. The molecule has 0 fully saturated rings. The molecular formula is C17H21N7O3. The third-order valence-corrected chi connectivity index (χ3v) is 3.64. The maximum absolute atomic E-state index is 11.4. The minimum absolute atomic E-state index is 0.309. The molecule has 0 radical (unpaired) electrons. The Morgan fingerprint density at radius 2 is 2.15 bits per heavy atom. The standard InChI is InChI=1S/C17H21N7O3/c1-10-6-12(27-5-3-4-18)16(17(20-10)26-2)11-7-13(24-23-11)21-14-8-19-9-15(25)22-14/h6-9H,3-5,18H2,1-2H3,(H3,21,22,23,24,25). The summed E-state index contributed by atoms with van der Waals surface area (Å²) in [6.07, 6.45) is 3.41. The molecule has 0 unspecified atom stereocenters. The molecule has 0 saturated carbocycles. The molecule has 0 amide bonds. The number of pyridine rings is 1. The van der Waals surface area contributed by atoms with Crippen molar-refractivity contribution in [2.75, 3.05) is 25.6 Å². The molecular weight excluding hydrogens is 350 g/mol. The average molecular weight is 371 g/mol. The van der Waals surface area contributed by atoms with E-state index in [0.717, 1.165) is 12.1 Å². The van der Waals surface area contributed by atoms with Crippen molar-refractivity contribution in [1.82, 2.24) is 25.1 Å². The van der Waals surface area contributed by atoms with Crippen LogP contribution in [-0.2, 0) is 0 Å². The van der Waals surface area contributed by atoms with Crippen LogP contribution in [0.5, 0.6) is 11.6 Å². The second-order valence-corrected chi connectivity index (χ2v) is 5.74. The Labute approximate surface area is 155 Å². The monoisotopic (exact) mass is 371 g/mol. The predicted molar refractivity (Wildman–Crippen MR) is 100 cm³/mol. The lowest BCUT2D eigenvalue weighted by Gasteiger charge is -2.14. The molecule has 142 valence electrons. The fourth-order valence-electron chi connectivity index (χ4n) is 2.48. The van der Waals surface area contributed by atoms with Crippen LogP contribution in [0, 0.1) is 6.92 Å². The summed E-state index contributed by atoms with van der Waals surface area (Å²) in [5.41, 5.74) is 7.30. The minimum Gasteiger partial charge on any atom is -0.493 e. The van der Waals surface area contributed by atoms with Gasteiger partial charge in [-0.2, -0.15) is 5.10 Å². The number of nitrogens with two attached hydrogens (primary N) is 1. The minimum atomic E-state index is -0.309. The van der Waals surface area contributed by atoms with E-state index in [0.29, 0.717) is 47.7 Å². The largest absolute Gasteiger partial charge is 0.493 e. The van der Waals surface area contributed by atoms with Gasteiger partial charge in [0.05, 0.1) is 31.8 Å². The number of aromatic nitrogens is 5. The van der Waals surface area contributed by atoms with Crippen LogP contribution in [0.3, 0.4) is 0 Å². The lowest BCUT2D eigenvalue weighted by Crippen LogP contribution is -2.08. The molecule has 0 aliphatic heterocycles. The molecule has 0 bridgehead atoms. The van der Waals surface area contributed by atoms with Gasteiger partial charge in [0.1, 0.15) is 17.1 Å². The van der Waals surface area contributed by atoms with Crippen LogP contribution >= 0.6 is 0 Å². The van der Waals surface area contributed by atoms with Gasteiger partial charge in [-0.3, -0.25) is 14.9 Å². The van der Waals surface area contributed by atoms with Crippen LogP contribution < -0.4 is 26.1 Å². The number of H-pyrrole nitrogens is 2. The molecule has 5 N–H and O–H groups in total. The highest BCUT2D eigenvalue weighted by molar-refractivity contribution is 5.75. The zero-order valence-electron chi connectivity index (χ0n) is 15.1. The van der Waals surface area contributed by atoms with E-state index in [4.69, 9.17) is 15.2 Å².